The Morgan fingerprint density at radius 3 is 3.00 bits per heavy atom. The normalized spacial score (nSPS) is 15.4. The number of anilines is 1. The lowest BCUT2D eigenvalue weighted by molar-refractivity contribution is -0.136. The molecule has 1 aliphatic rings. The molecule has 0 saturated heterocycles. The van der Waals surface area contributed by atoms with Gasteiger partial charge in [0.25, 0.3) is 5.91 Å². The minimum absolute atomic E-state index is 0.126. The van der Waals surface area contributed by atoms with Crippen LogP contribution in [0.3, 0.4) is 0 Å². The highest BCUT2D eigenvalue weighted by Crippen LogP contribution is 2.21. The number of carboxylic acids is 1. The van der Waals surface area contributed by atoms with E-state index in [1.807, 2.05) is 0 Å². The Bertz CT molecular complexity index is 475. The van der Waals surface area contributed by atoms with Crippen molar-refractivity contribution in [3.63, 3.8) is 0 Å². The molecule has 0 saturated carbocycles. The number of nitrogens with zero attached hydrogens (tertiary/aromatic N) is 2. The summed E-state index contributed by atoms with van der Waals surface area (Å²) in [6.45, 7) is 1.99. The predicted molar refractivity (Wildman–Crippen MR) is 53.9 cm³/mol. The SMILES string of the molecule is Cc1cc(N2CC(CC(=O)O)=CC2=O)no1. The lowest BCUT2D eigenvalue weighted by Gasteiger charge is -2.11. The molecule has 0 fully saturated rings. The van der Waals surface area contributed by atoms with Crippen molar-refractivity contribution < 1.29 is 19.2 Å². The molecule has 0 bridgehead atoms. The lowest BCUT2D eigenvalue weighted by atomic mass is 10.2. The number of carboxylic acid groups (broad SMARTS) is 1. The first kappa shape index (κ1) is 10.4. The van der Waals surface area contributed by atoms with E-state index in [1.54, 1.807) is 13.0 Å². The summed E-state index contributed by atoms with van der Waals surface area (Å²) in [5.41, 5.74) is 0.568. The van der Waals surface area contributed by atoms with E-state index in [0.29, 0.717) is 17.2 Å². The van der Waals surface area contributed by atoms with Gasteiger partial charge in [-0.2, -0.15) is 0 Å². The Labute approximate surface area is 91.1 Å². The van der Waals surface area contributed by atoms with Gasteiger partial charge in [0.1, 0.15) is 5.76 Å². The molecule has 0 unspecified atom stereocenters. The number of hydrogen-bond acceptors (Lipinski definition) is 4. The third kappa shape index (κ3) is 1.95. The smallest absolute Gasteiger partial charge is 0.307 e. The maximum Gasteiger partial charge on any atom is 0.307 e. The maximum atomic E-state index is 11.6. The summed E-state index contributed by atoms with van der Waals surface area (Å²) < 4.78 is 4.86. The van der Waals surface area contributed by atoms with Crippen molar-refractivity contribution in [1.82, 2.24) is 5.16 Å². The van der Waals surface area contributed by atoms with Crippen LogP contribution in [0.5, 0.6) is 0 Å². The zero-order valence-electron chi connectivity index (χ0n) is 8.64. The van der Waals surface area contributed by atoms with E-state index in [1.165, 1.54) is 11.0 Å². The van der Waals surface area contributed by atoms with E-state index in [0.717, 1.165) is 0 Å². The molecule has 2 heterocycles. The van der Waals surface area contributed by atoms with Gasteiger partial charge in [0.2, 0.25) is 0 Å². The summed E-state index contributed by atoms with van der Waals surface area (Å²) in [5.74, 6) is -0.185. The number of aryl methyl sites for hydroxylation is 1. The van der Waals surface area contributed by atoms with Crippen LogP contribution in [0, 0.1) is 6.92 Å². The lowest BCUT2D eigenvalue weighted by Crippen LogP contribution is -2.25. The van der Waals surface area contributed by atoms with E-state index in [9.17, 15) is 9.59 Å². The Morgan fingerprint density at radius 1 is 1.69 bits per heavy atom. The van der Waals surface area contributed by atoms with Gasteiger partial charge in [-0.3, -0.25) is 14.5 Å². The van der Waals surface area contributed by atoms with Crippen molar-refractivity contribution in [2.45, 2.75) is 13.3 Å². The number of aromatic nitrogens is 1. The van der Waals surface area contributed by atoms with Gasteiger partial charge in [0.05, 0.1) is 6.42 Å². The Kier molecular flexibility index (Phi) is 2.47. The van der Waals surface area contributed by atoms with Gasteiger partial charge in [-0.05, 0) is 12.5 Å². The maximum absolute atomic E-state index is 11.6. The second-order valence-corrected chi connectivity index (χ2v) is 3.59. The van der Waals surface area contributed by atoms with Crippen LogP contribution in [0.1, 0.15) is 12.2 Å². The fourth-order valence-corrected chi connectivity index (χ4v) is 1.55. The van der Waals surface area contributed by atoms with Gasteiger partial charge in [-0.15, -0.1) is 0 Å². The molecule has 84 valence electrons. The molecule has 0 aliphatic carbocycles. The van der Waals surface area contributed by atoms with Gasteiger partial charge >= 0.3 is 5.97 Å². The summed E-state index contributed by atoms with van der Waals surface area (Å²) in [5, 5.41) is 12.3. The molecule has 6 heteroatoms. The summed E-state index contributed by atoms with van der Waals surface area (Å²) in [7, 11) is 0. The summed E-state index contributed by atoms with van der Waals surface area (Å²) >= 11 is 0. The number of amides is 1. The minimum atomic E-state index is -0.947. The van der Waals surface area contributed by atoms with Gasteiger partial charge < -0.3 is 9.63 Å². The number of carbonyl (C=O) groups excluding carboxylic acids is 1. The fourth-order valence-electron chi connectivity index (χ4n) is 1.55. The van der Waals surface area contributed by atoms with Crippen LogP contribution < -0.4 is 4.90 Å². The zero-order valence-corrected chi connectivity index (χ0v) is 8.64. The van der Waals surface area contributed by atoms with Crippen molar-refractivity contribution in [1.29, 1.82) is 0 Å². The molecule has 0 atom stereocenters. The predicted octanol–water partition coefficient (Wildman–Crippen LogP) is 0.731. The molecule has 0 radical (unpaired) electrons. The van der Waals surface area contributed by atoms with E-state index >= 15 is 0 Å². The molecular formula is C10H10N2O4. The molecule has 2 rings (SSSR count). The Hall–Kier alpha value is -2.11. The molecule has 1 N–H and O–H groups in total. The van der Waals surface area contributed by atoms with E-state index in [4.69, 9.17) is 9.63 Å². The van der Waals surface area contributed by atoms with Crippen LogP contribution >= 0.6 is 0 Å². The second kappa shape index (κ2) is 3.80. The molecule has 0 spiro atoms. The van der Waals surface area contributed by atoms with E-state index in [2.05, 4.69) is 5.16 Å². The fraction of sp³-hybridized carbons (Fsp3) is 0.300. The van der Waals surface area contributed by atoms with Crippen molar-refractivity contribution in [2.24, 2.45) is 0 Å². The van der Waals surface area contributed by atoms with E-state index < -0.39 is 5.97 Å². The molecule has 1 aliphatic heterocycles. The third-order valence-corrected chi connectivity index (χ3v) is 2.23. The highest BCUT2D eigenvalue weighted by Gasteiger charge is 2.26. The Balaban J connectivity index is 2.12. The second-order valence-electron chi connectivity index (χ2n) is 3.59. The van der Waals surface area contributed by atoms with Gasteiger partial charge in [-0.1, -0.05) is 5.16 Å². The van der Waals surface area contributed by atoms with Gasteiger partial charge in [0, 0.05) is 18.7 Å². The Morgan fingerprint density at radius 2 is 2.44 bits per heavy atom. The average Bonchev–Trinajstić information content (AvgIpc) is 2.72. The van der Waals surface area contributed by atoms with Crippen molar-refractivity contribution >= 4 is 17.7 Å². The summed E-state index contributed by atoms with van der Waals surface area (Å²) in [6.07, 6.45) is 1.21. The highest BCUT2D eigenvalue weighted by molar-refractivity contribution is 6.05. The number of rotatable bonds is 3. The van der Waals surface area contributed by atoms with Crippen molar-refractivity contribution in [3.8, 4) is 0 Å². The van der Waals surface area contributed by atoms with Crippen LogP contribution in [0.25, 0.3) is 0 Å². The molecule has 0 aromatic carbocycles. The average molecular weight is 222 g/mol. The van der Waals surface area contributed by atoms with Gasteiger partial charge in [0.15, 0.2) is 5.82 Å². The number of carbonyl (C=O) groups is 2. The minimum Gasteiger partial charge on any atom is -0.481 e. The standard InChI is InChI=1S/C10H10N2O4/c1-6-2-8(11-16-6)12-5-7(3-9(12)13)4-10(14)15/h2-3H,4-5H2,1H3,(H,14,15). The van der Waals surface area contributed by atoms with E-state index in [-0.39, 0.29) is 18.9 Å². The highest BCUT2D eigenvalue weighted by atomic mass is 16.5. The zero-order chi connectivity index (χ0) is 11.7. The largest absolute Gasteiger partial charge is 0.481 e. The number of hydrogen-bond donors (Lipinski definition) is 1. The summed E-state index contributed by atoms with van der Waals surface area (Å²) in [4.78, 5) is 23.4. The quantitative estimate of drug-likeness (QED) is 0.815. The van der Waals surface area contributed by atoms with Crippen LogP contribution in [-0.4, -0.2) is 28.7 Å². The topological polar surface area (TPSA) is 83.6 Å². The molecule has 6 nitrogen and oxygen atoms in total. The molecule has 1 aromatic rings. The van der Waals surface area contributed by atoms with Crippen molar-refractivity contribution in [3.05, 3.63) is 23.5 Å². The van der Waals surface area contributed by atoms with Crippen LogP contribution in [0.2, 0.25) is 0 Å². The van der Waals surface area contributed by atoms with Crippen molar-refractivity contribution in [2.75, 3.05) is 11.4 Å². The summed E-state index contributed by atoms with van der Waals surface area (Å²) in [6, 6.07) is 1.63. The first-order chi connectivity index (χ1) is 7.56. The molecule has 1 amide bonds. The monoisotopic (exact) mass is 222 g/mol. The third-order valence-electron chi connectivity index (χ3n) is 2.23. The van der Waals surface area contributed by atoms with Gasteiger partial charge in [-0.25, -0.2) is 0 Å². The number of aliphatic carboxylic acids is 1. The molecule has 1 aromatic heterocycles. The first-order valence-electron chi connectivity index (χ1n) is 4.72. The first-order valence-corrected chi connectivity index (χ1v) is 4.72. The molecule has 16 heavy (non-hydrogen) atoms. The van der Waals surface area contributed by atoms with Crippen LogP contribution in [0.15, 0.2) is 22.2 Å². The van der Waals surface area contributed by atoms with Crippen LogP contribution in [0.4, 0.5) is 5.82 Å². The molecular weight excluding hydrogens is 212 g/mol. The van der Waals surface area contributed by atoms with Crippen LogP contribution in [-0.2, 0) is 9.59 Å².